The predicted octanol–water partition coefficient (Wildman–Crippen LogP) is 8.43. The number of aromatic amines is 2. The van der Waals surface area contributed by atoms with Crippen LogP contribution in [0.15, 0.2) is 66.7 Å². The number of rotatable bonds is 6. The van der Waals surface area contributed by atoms with Crippen LogP contribution in [0.5, 0.6) is 11.5 Å². The van der Waals surface area contributed by atoms with Gasteiger partial charge < -0.3 is 19.4 Å². The van der Waals surface area contributed by atoms with E-state index in [4.69, 9.17) is 9.47 Å². The zero-order valence-electron chi connectivity index (χ0n) is 21.5. The highest BCUT2D eigenvalue weighted by molar-refractivity contribution is 6.12. The minimum absolute atomic E-state index is 0.0874. The third kappa shape index (κ3) is 3.78. The molecular formula is C32H32N2O2. The molecule has 0 aliphatic rings. The Kier molecular flexibility index (Phi) is 5.40. The number of benzene rings is 4. The van der Waals surface area contributed by atoms with Gasteiger partial charge in [0.25, 0.3) is 0 Å². The Morgan fingerprint density at radius 3 is 1.94 bits per heavy atom. The van der Waals surface area contributed by atoms with Gasteiger partial charge in [-0.25, -0.2) is 0 Å². The standard InChI is InChI=1S/C32H32N2O2/c1-18(2)35-28-14-20(5)24(30-23-11-7-9-13-27(23)34-32(28)30)15-21-16-25-22-10-6-8-12-26(22)33-31(25)29(17-21)36-19(3)4/h6-14,16-19,33-34H,15H2,1-5H3. The molecule has 0 spiro atoms. The van der Waals surface area contributed by atoms with Gasteiger partial charge in [-0.05, 0) is 88.1 Å². The molecule has 0 amide bonds. The third-order valence-electron chi connectivity index (χ3n) is 6.82. The first kappa shape index (κ1) is 22.5. The lowest BCUT2D eigenvalue weighted by molar-refractivity contribution is 0.244. The van der Waals surface area contributed by atoms with E-state index in [9.17, 15) is 0 Å². The molecule has 0 saturated heterocycles. The van der Waals surface area contributed by atoms with Gasteiger partial charge in [0, 0.05) is 32.6 Å². The van der Waals surface area contributed by atoms with Crippen molar-refractivity contribution in [2.45, 2.75) is 53.2 Å². The second-order valence-electron chi connectivity index (χ2n) is 10.3. The second kappa shape index (κ2) is 8.63. The first-order valence-electron chi connectivity index (χ1n) is 12.8. The molecule has 4 nitrogen and oxygen atoms in total. The maximum atomic E-state index is 6.31. The van der Waals surface area contributed by atoms with Crippen molar-refractivity contribution in [2.75, 3.05) is 0 Å². The van der Waals surface area contributed by atoms with Crippen molar-refractivity contribution in [1.82, 2.24) is 9.97 Å². The van der Waals surface area contributed by atoms with E-state index in [0.717, 1.165) is 40.0 Å². The van der Waals surface area contributed by atoms with Crippen molar-refractivity contribution >= 4 is 43.6 Å². The van der Waals surface area contributed by atoms with Crippen molar-refractivity contribution < 1.29 is 9.47 Å². The molecule has 2 N–H and O–H groups in total. The van der Waals surface area contributed by atoms with Crippen molar-refractivity contribution in [3.05, 3.63) is 83.4 Å². The Labute approximate surface area is 211 Å². The fourth-order valence-electron chi connectivity index (χ4n) is 5.40. The summed E-state index contributed by atoms with van der Waals surface area (Å²) in [4.78, 5) is 7.22. The van der Waals surface area contributed by atoms with Gasteiger partial charge in [0.1, 0.15) is 11.5 Å². The molecule has 0 aliphatic carbocycles. The van der Waals surface area contributed by atoms with E-state index in [0.29, 0.717) is 0 Å². The molecule has 0 saturated carbocycles. The molecule has 0 radical (unpaired) electrons. The van der Waals surface area contributed by atoms with E-state index in [1.807, 2.05) is 0 Å². The summed E-state index contributed by atoms with van der Waals surface area (Å²) >= 11 is 0. The number of hydrogen-bond donors (Lipinski definition) is 2. The Hall–Kier alpha value is -3.92. The Bertz CT molecular complexity index is 1740. The molecular weight excluding hydrogens is 444 g/mol. The van der Waals surface area contributed by atoms with Crippen LogP contribution in [0.25, 0.3) is 43.6 Å². The zero-order valence-corrected chi connectivity index (χ0v) is 21.5. The van der Waals surface area contributed by atoms with Gasteiger partial charge in [-0.15, -0.1) is 0 Å². The second-order valence-corrected chi connectivity index (χ2v) is 10.3. The Balaban J connectivity index is 1.58. The maximum Gasteiger partial charge on any atom is 0.144 e. The van der Waals surface area contributed by atoms with Crippen molar-refractivity contribution in [3.8, 4) is 11.5 Å². The summed E-state index contributed by atoms with van der Waals surface area (Å²) in [5.74, 6) is 1.81. The molecule has 0 aliphatic heterocycles. The number of ether oxygens (including phenoxy) is 2. The molecule has 36 heavy (non-hydrogen) atoms. The number of fused-ring (bicyclic) bond motifs is 6. The van der Waals surface area contributed by atoms with Gasteiger partial charge in [-0.2, -0.15) is 0 Å². The normalized spacial score (nSPS) is 12.1. The van der Waals surface area contributed by atoms with Crippen LogP contribution in [-0.4, -0.2) is 22.2 Å². The van der Waals surface area contributed by atoms with E-state index in [1.54, 1.807) is 0 Å². The molecule has 0 unspecified atom stereocenters. The fourth-order valence-corrected chi connectivity index (χ4v) is 5.40. The minimum Gasteiger partial charge on any atom is -0.489 e. The summed E-state index contributed by atoms with van der Waals surface area (Å²) in [7, 11) is 0. The number of aryl methyl sites for hydroxylation is 1. The van der Waals surface area contributed by atoms with Crippen LogP contribution in [-0.2, 0) is 6.42 Å². The Morgan fingerprint density at radius 1 is 0.667 bits per heavy atom. The number of H-pyrrole nitrogens is 2. The predicted molar refractivity (Wildman–Crippen MR) is 151 cm³/mol. The largest absolute Gasteiger partial charge is 0.489 e. The number of nitrogens with one attached hydrogen (secondary N) is 2. The average molecular weight is 477 g/mol. The Morgan fingerprint density at radius 2 is 1.25 bits per heavy atom. The molecule has 6 rings (SSSR count). The highest BCUT2D eigenvalue weighted by Crippen LogP contribution is 2.40. The molecule has 6 aromatic rings. The minimum atomic E-state index is 0.0874. The van der Waals surface area contributed by atoms with Gasteiger partial charge in [-0.1, -0.05) is 36.4 Å². The molecule has 2 aromatic heterocycles. The SMILES string of the molecule is Cc1cc(OC(C)C)c2[nH]c3ccccc3c2c1Cc1cc(OC(C)C)c2[nH]c3ccccc3c2c1. The van der Waals surface area contributed by atoms with Crippen molar-refractivity contribution in [3.63, 3.8) is 0 Å². The lowest BCUT2D eigenvalue weighted by Gasteiger charge is -2.17. The first-order chi connectivity index (χ1) is 17.4. The molecule has 4 heteroatoms. The molecule has 2 heterocycles. The summed E-state index contributed by atoms with van der Waals surface area (Å²) < 4.78 is 12.6. The van der Waals surface area contributed by atoms with Crippen LogP contribution in [0.3, 0.4) is 0 Å². The van der Waals surface area contributed by atoms with Crippen molar-refractivity contribution in [2.24, 2.45) is 0 Å². The van der Waals surface area contributed by atoms with E-state index in [2.05, 4.69) is 111 Å². The summed E-state index contributed by atoms with van der Waals surface area (Å²) in [6.07, 6.45) is 0.991. The highest BCUT2D eigenvalue weighted by Gasteiger charge is 2.19. The summed E-state index contributed by atoms with van der Waals surface area (Å²) in [6.45, 7) is 10.5. The van der Waals surface area contributed by atoms with Crippen molar-refractivity contribution in [1.29, 1.82) is 0 Å². The van der Waals surface area contributed by atoms with Crippen LogP contribution < -0.4 is 9.47 Å². The summed E-state index contributed by atoms with van der Waals surface area (Å²) in [5.41, 5.74) is 8.16. The van der Waals surface area contributed by atoms with Crippen LogP contribution in [0, 0.1) is 6.92 Å². The van der Waals surface area contributed by atoms with E-state index >= 15 is 0 Å². The summed E-state index contributed by atoms with van der Waals surface area (Å²) in [6, 6.07) is 23.7. The van der Waals surface area contributed by atoms with Crippen LogP contribution in [0.2, 0.25) is 0 Å². The van der Waals surface area contributed by atoms with Gasteiger partial charge in [0.05, 0.1) is 23.2 Å². The topological polar surface area (TPSA) is 50.0 Å². The first-order valence-corrected chi connectivity index (χ1v) is 12.8. The van der Waals surface area contributed by atoms with Crippen LogP contribution in [0.1, 0.15) is 44.4 Å². The van der Waals surface area contributed by atoms with Gasteiger partial charge >= 0.3 is 0 Å². The smallest absolute Gasteiger partial charge is 0.144 e. The van der Waals surface area contributed by atoms with Crippen LogP contribution >= 0.6 is 0 Å². The van der Waals surface area contributed by atoms with Gasteiger partial charge in [0.2, 0.25) is 0 Å². The fraction of sp³-hybridized carbons (Fsp3) is 0.250. The van der Waals surface area contributed by atoms with Gasteiger partial charge in [-0.3, -0.25) is 0 Å². The maximum absolute atomic E-state index is 6.31. The quantitative estimate of drug-likeness (QED) is 0.253. The van der Waals surface area contributed by atoms with Gasteiger partial charge in [0.15, 0.2) is 0 Å². The highest BCUT2D eigenvalue weighted by atomic mass is 16.5. The molecule has 4 aromatic carbocycles. The lowest BCUT2D eigenvalue weighted by atomic mass is 9.94. The third-order valence-corrected chi connectivity index (χ3v) is 6.82. The van der Waals surface area contributed by atoms with Crippen LogP contribution in [0.4, 0.5) is 0 Å². The number of para-hydroxylation sites is 2. The molecule has 0 bridgehead atoms. The van der Waals surface area contributed by atoms with E-state index < -0.39 is 0 Å². The van der Waals surface area contributed by atoms with E-state index in [1.165, 1.54) is 38.2 Å². The molecule has 182 valence electrons. The molecule has 0 atom stereocenters. The molecule has 0 fully saturated rings. The lowest BCUT2D eigenvalue weighted by Crippen LogP contribution is -2.07. The number of hydrogen-bond acceptors (Lipinski definition) is 2. The summed E-state index contributed by atoms with van der Waals surface area (Å²) in [5, 5.41) is 4.89. The monoisotopic (exact) mass is 476 g/mol. The van der Waals surface area contributed by atoms with E-state index in [-0.39, 0.29) is 12.2 Å². The number of aromatic nitrogens is 2. The average Bonchev–Trinajstić information content (AvgIpc) is 3.40. The zero-order chi connectivity index (χ0) is 25.0.